The Bertz CT molecular complexity index is 785. The van der Waals surface area contributed by atoms with Crippen LogP contribution < -0.4 is 5.32 Å². The number of likely N-dealkylation sites (tertiary alicyclic amines) is 1. The first-order chi connectivity index (χ1) is 12.0. The number of hydrogen-bond donors (Lipinski definition) is 1. The predicted octanol–water partition coefficient (Wildman–Crippen LogP) is 3.02. The highest BCUT2D eigenvalue weighted by Crippen LogP contribution is 2.20. The molecule has 6 heteroatoms. The Morgan fingerprint density at radius 3 is 2.52 bits per heavy atom. The Balaban J connectivity index is 1.68. The lowest BCUT2D eigenvalue weighted by atomic mass is 10.1. The highest BCUT2D eigenvalue weighted by Gasteiger charge is 2.20. The van der Waals surface area contributed by atoms with Crippen molar-refractivity contribution in [3.63, 3.8) is 0 Å². The van der Waals surface area contributed by atoms with E-state index in [1.165, 1.54) is 0 Å². The van der Waals surface area contributed by atoms with Gasteiger partial charge in [0.2, 0.25) is 5.91 Å². The van der Waals surface area contributed by atoms with Crippen LogP contribution in [0.2, 0.25) is 0 Å². The van der Waals surface area contributed by atoms with Crippen LogP contribution in [0.4, 0.5) is 5.69 Å². The third kappa shape index (κ3) is 3.73. The molecule has 0 aliphatic carbocycles. The topological polar surface area (TPSA) is 75.4 Å². The minimum Gasteiger partial charge on any atom is -0.361 e. The minimum absolute atomic E-state index is 0.0641. The lowest BCUT2D eigenvalue weighted by Gasteiger charge is -2.16. The number of aromatic nitrogens is 1. The van der Waals surface area contributed by atoms with Gasteiger partial charge in [0.05, 0.1) is 12.1 Å². The molecule has 1 aliphatic rings. The van der Waals surface area contributed by atoms with Crippen LogP contribution in [0.5, 0.6) is 0 Å². The maximum absolute atomic E-state index is 12.4. The number of nitrogens with one attached hydrogen (secondary N) is 1. The molecule has 0 atom stereocenters. The Labute approximate surface area is 147 Å². The van der Waals surface area contributed by atoms with E-state index in [1.54, 1.807) is 19.1 Å². The van der Waals surface area contributed by atoms with Crippen LogP contribution in [0.1, 0.15) is 45.8 Å². The highest BCUT2D eigenvalue weighted by molar-refractivity contribution is 5.97. The molecule has 0 saturated carbocycles. The quantitative estimate of drug-likeness (QED) is 0.927. The van der Waals surface area contributed by atoms with E-state index in [9.17, 15) is 9.59 Å². The van der Waals surface area contributed by atoms with Crippen molar-refractivity contribution in [3.8, 4) is 0 Å². The van der Waals surface area contributed by atoms with E-state index in [-0.39, 0.29) is 18.2 Å². The number of carbonyl (C=O) groups is 2. The Morgan fingerprint density at radius 2 is 1.92 bits per heavy atom. The van der Waals surface area contributed by atoms with Crippen LogP contribution in [0.15, 0.2) is 22.7 Å². The number of benzene rings is 1. The van der Waals surface area contributed by atoms with Crippen molar-refractivity contribution in [2.75, 3.05) is 18.4 Å². The zero-order chi connectivity index (χ0) is 18.0. The average molecular weight is 341 g/mol. The molecule has 25 heavy (non-hydrogen) atoms. The van der Waals surface area contributed by atoms with Gasteiger partial charge in [-0.15, -0.1) is 0 Å². The van der Waals surface area contributed by atoms with E-state index in [1.807, 2.05) is 24.8 Å². The highest BCUT2D eigenvalue weighted by atomic mass is 16.5. The van der Waals surface area contributed by atoms with Crippen LogP contribution in [0, 0.1) is 20.8 Å². The summed E-state index contributed by atoms with van der Waals surface area (Å²) < 4.78 is 5.09. The summed E-state index contributed by atoms with van der Waals surface area (Å²) in [7, 11) is 0. The summed E-state index contributed by atoms with van der Waals surface area (Å²) >= 11 is 0. The second-order valence-corrected chi connectivity index (χ2v) is 6.56. The van der Waals surface area contributed by atoms with E-state index in [0.29, 0.717) is 11.3 Å². The van der Waals surface area contributed by atoms with Crippen molar-refractivity contribution in [1.29, 1.82) is 0 Å². The summed E-state index contributed by atoms with van der Waals surface area (Å²) in [5.74, 6) is 0.598. The van der Waals surface area contributed by atoms with Gasteiger partial charge in [-0.2, -0.15) is 0 Å². The second kappa shape index (κ2) is 7.09. The molecule has 1 N–H and O–H groups in total. The van der Waals surface area contributed by atoms with E-state index in [2.05, 4.69) is 10.5 Å². The van der Waals surface area contributed by atoms with E-state index in [4.69, 9.17) is 4.52 Å². The molecule has 0 spiro atoms. The average Bonchev–Trinajstić information content (AvgIpc) is 3.22. The summed E-state index contributed by atoms with van der Waals surface area (Å²) in [6.07, 6.45) is 2.36. The van der Waals surface area contributed by atoms with Crippen molar-refractivity contribution in [2.45, 2.75) is 40.0 Å². The summed E-state index contributed by atoms with van der Waals surface area (Å²) in [5, 5.41) is 6.77. The van der Waals surface area contributed by atoms with Gasteiger partial charge in [0.15, 0.2) is 0 Å². The molecule has 2 heterocycles. The molecule has 132 valence electrons. The fourth-order valence-corrected chi connectivity index (χ4v) is 3.15. The maximum Gasteiger partial charge on any atom is 0.253 e. The first-order valence-electron chi connectivity index (χ1n) is 8.57. The van der Waals surface area contributed by atoms with Crippen molar-refractivity contribution in [1.82, 2.24) is 10.1 Å². The van der Waals surface area contributed by atoms with E-state index < -0.39 is 0 Å². The number of aryl methyl sites for hydroxylation is 3. The molecule has 6 nitrogen and oxygen atoms in total. The summed E-state index contributed by atoms with van der Waals surface area (Å²) in [4.78, 5) is 26.6. The number of nitrogens with zero attached hydrogens (tertiary/aromatic N) is 2. The third-order valence-corrected chi connectivity index (χ3v) is 4.66. The number of anilines is 1. The molecule has 3 rings (SSSR count). The summed E-state index contributed by atoms with van der Waals surface area (Å²) in [5.41, 5.74) is 3.81. The monoisotopic (exact) mass is 341 g/mol. The maximum atomic E-state index is 12.4. The van der Waals surface area contributed by atoms with Crippen LogP contribution in [0.25, 0.3) is 0 Å². The van der Waals surface area contributed by atoms with Crippen molar-refractivity contribution >= 4 is 17.5 Å². The van der Waals surface area contributed by atoms with Crippen LogP contribution >= 0.6 is 0 Å². The van der Waals surface area contributed by atoms with Gasteiger partial charge >= 0.3 is 0 Å². The Kier molecular flexibility index (Phi) is 4.88. The fourth-order valence-electron chi connectivity index (χ4n) is 3.15. The van der Waals surface area contributed by atoms with Crippen molar-refractivity contribution in [2.24, 2.45) is 0 Å². The molecular weight excluding hydrogens is 318 g/mol. The smallest absolute Gasteiger partial charge is 0.253 e. The van der Waals surface area contributed by atoms with Crippen molar-refractivity contribution < 1.29 is 14.1 Å². The van der Waals surface area contributed by atoms with Gasteiger partial charge in [-0.05, 0) is 57.4 Å². The van der Waals surface area contributed by atoms with Crippen molar-refractivity contribution in [3.05, 3.63) is 46.3 Å². The molecule has 1 aromatic heterocycles. The number of carbonyl (C=O) groups excluding carboxylic acids is 2. The first kappa shape index (κ1) is 17.2. The molecule has 0 bridgehead atoms. The largest absolute Gasteiger partial charge is 0.361 e. The first-order valence-corrected chi connectivity index (χ1v) is 8.57. The van der Waals surface area contributed by atoms with Gasteiger partial charge in [-0.25, -0.2) is 0 Å². The zero-order valence-corrected chi connectivity index (χ0v) is 14.9. The molecule has 1 aliphatic heterocycles. The molecule has 2 amide bonds. The Morgan fingerprint density at radius 1 is 1.20 bits per heavy atom. The van der Waals surface area contributed by atoms with Gasteiger partial charge in [0.1, 0.15) is 5.76 Å². The minimum atomic E-state index is -0.129. The Hall–Kier alpha value is -2.63. The lowest BCUT2D eigenvalue weighted by Crippen LogP contribution is -2.27. The van der Waals surface area contributed by atoms with Gasteiger partial charge in [-0.1, -0.05) is 5.16 Å². The lowest BCUT2D eigenvalue weighted by molar-refractivity contribution is -0.115. The summed E-state index contributed by atoms with van der Waals surface area (Å²) in [6.45, 7) is 7.17. The molecule has 2 aromatic rings. The number of rotatable bonds is 4. The van der Waals surface area contributed by atoms with Crippen LogP contribution in [-0.2, 0) is 11.2 Å². The van der Waals surface area contributed by atoms with Gasteiger partial charge in [-0.3, -0.25) is 9.59 Å². The van der Waals surface area contributed by atoms with Crippen LogP contribution in [0.3, 0.4) is 0 Å². The number of amides is 2. The summed E-state index contributed by atoms with van der Waals surface area (Å²) in [6, 6.07) is 5.41. The third-order valence-electron chi connectivity index (χ3n) is 4.66. The zero-order valence-electron chi connectivity index (χ0n) is 14.9. The molecular formula is C19H23N3O3. The molecule has 1 fully saturated rings. The molecule has 1 saturated heterocycles. The number of hydrogen-bond acceptors (Lipinski definition) is 4. The van der Waals surface area contributed by atoms with E-state index >= 15 is 0 Å². The van der Waals surface area contributed by atoms with Gasteiger partial charge < -0.3 is 14.7 Å². The standard InChI is InChI=1S/C19H23N3O3/c1-12-10-15(19(24)22-8-4-5-9-22)6-7-17(12)20-18(23)11-16-13(2)21-25-14(16)3/h6-7,10H,4-5,8-9,11H2,1-3H3,(H,20,23). The predicted molar refractivity (Wildman–Crippen MR) is 94.6 cm³/mol. The molecule has 0 unspecified atom stereocenters. The van der Waals surface area contributed by atoms with E-state index in [0.717, 1.165) is 48.4 Å². The van der Waals surface area contributed by atoms with Crippen LogP contribution in [-0.4, -0.2) is 35.0 Å². The van der Waals surface area contributed by atoms with Gasteiger partial charge in [0.25, 0.3) is 5.91 Å². The molecule has 0 radical (unpaired) electrons. The molecule has 1 aromatic carbocycles. The fraction of sp³-hybridized carbons (Fsp3) is 0.421. The SMILES string of the molecule is Cc1cc(C(=O)N2CCCC2)ccc1NC(=O)Cc1c(C)noc1C. The normalized spacial score (nSPS) is 14.0. The second-order valence-electron chi connectivity index (χ2n) is 6.56. The van der Waals surface area contributed by atoms with Gasteiger partial charge in [0, 0.05) is 29.9 Å².